The van der Waals surface area contributed by atoms with E-state index in [4.69, 9.17) is 0 Å². The maximum absolute atomic E-state index is 9.70. The Morgan fingerprint density at radius 2 is 2.36 bits per heavy atom. The molecule has 0 aromatic carbocycles. The Morgan fingerprint density at radius 1 is 1.73 bits per heavy atom. The molecule has 0 atom stereocenters. The van der Waals surface area contributed by atoms with Gasteiger partial charge in [-0.2, -0.15) is 0 Å². The van der Waals surface area contributed by atoms with Crippen molar-refractivity contribution in [1.29, 1.82) is 0 Å². The van der Waals surface area contributed by atoms with Crippen LogP contribution >= 0.6 is 0 Å². The van der Waals surface area contributed by atoms with Crippen LogP contribution < -0.4 is 10.8 Å². The average molecular weight is 157 g/mol. The minimum absolute atomic E-state index is 0.00463. The Balaban J connectivity index is 0.000000187. The number of carbonyl (C=O) groups excluding carboxylic acids is 1. The molecule has 1 heterocycles. The lowest BCUT2D eigenvalue weighted by Gasteiger charge is -1.96. The number of hydrogen-bond donors (Lipinski definition) is 2. The molecule has 5 nitrogen and oxygen atoms in total. The summed E-state index contributed by atoms with van der Waals surface area (Å²) in [5.41, 5.74) is 2.41. The van der Waals surface area contributed by atoms with Crippen molar-refractivity contribution in [2.24, 2.45) is 4.99 Å². The predicted molar refractivity (Wildman–Crippen MR) is 41.6 cm³/mol. The van der Waals surface area contributed by atoms with Gasteiger partial charge in [0.2, 0.25) is 5.91 Å². The topological polar surface area (TPSA) is 62.7 Å². The van der Waals surface area contributed by atoms with Gasteiger partial charge in [0.05, 0.1) is 6.20 Å². The molecule has 0 aromatic heterocycles. The number of carbonyl (C=O) groups is 1. The van der Waals surface area contributed by atoms with Gasteiger partial charge in [0, 0.05) is 14.0 Å². The van der Waals surface area contributed by atoms with Gasteiger partial charge in [-0.05, 0) is 0 Å². The molecule has 0 bridgehead atoms. The zero-order valence-electron chi connectivity index (χ0n) is 6.50. The fourth-order valence-corrected chi connectivity index (χ4v) is 0.209. The minimum atomic E-state index is 0.00463. The minimum Gasteiger partial charge on any atom is -0.387 e. The van der Waals surface area contributed by atoms with Gasteiger partial charge in [-0.3, -0.25) is 4.79 Å². The van der Waals surface area contributed by atoms with E-state index in [1.807, 2.05) is 0 Å². The number of nitrogens with zero attached hydrogens (tertiary/aromatic N) is 1. The highest BCUT2D eigenvalue weighted by Crippen LogP contribution is 1.76. The van der Waals surface area contributed by atoms with Crippen LogP contribution in [0.25, 0.3) is 0 Å². The molecule has 11 heavy (non-hydrogen) atoms. The van der Waals surface area contributed by atoms with Crippen molar-refractivity contribution in [3.63, 3.8) is 0 Å². The first-order valence-electron chi connectivity index (χ1n) is 3.03. The van der Waals surface area contributed by atoms with Crippen LogP contribution in [0.5, 0.6) is 0 Å². The van der Waals surface area contributed by atoms with Crippen LogP contribution in [0.3, 0.4) is 0 Å². The van der Waals surface area contributed by atoms with E-state index in [2.05, 4.69) is 20.6 Å². The molecule has 2 N–H and O–H groups in total. The van der Waals surface area contributed by atoms with E-state index in [1.54, 1.807) is 13.2 Å². The highest BCUT2D eigenvalue weighted by atomic mass is 16.6. The van der Waals surface area contributed by atoms with Gasteiger partial charge in [-0.1, -0.05) is 0 Å². The summed E-state index contributed by atoms with van der Waals surface area (Å²) in [5.74, 6) is 0.00463. The third-order valence-corrected chi connectivity index (χ3v) is 0.762. The van der Waals surface area contributed by atoms with Crippen molar-refractivity contribution >= 4 is 12.2 Å². The molecule has 1 aliphatic rings. The van der Waals surface area contributed by atoms with Crippen molar-refractivity contribution in [2.75, 3.05) is 7.05 Å². The fourth-order valence-electron chi connectivity index (χ4n) is 0.209. The molecule has 0 spiro atoms. The van der Waals surface area contributed by atoms with E-state index in [0.29, 0.717) is 0 Å². The van der Waals surface area contributed by atoms with Gasteiger partial charge in [-0.25, -0.2) is 10.5 Å². The smallest absolute Gasteiger partial charge is 0.216 e. The molecule has 1 aliphatic heterocycles. The molecule has 0 aromatic rings. The van der Waals surface area contributed by atoms with Gasteiger partial charge in [0.25, 0.3) is 0 Å². The molecule has 0 unspecified atom stereocenters. The normalized spacial score (nSPS) is 11.8. The number of hydroxylamine groups is 1. The molecule has 0 saturated carbocycles. The van der Waals surface area contributed by atoms with Crippen molar-refractivity contribution in [3.05, 3.63) is 12.5 Å². The summed E-state index contributed by atoms with van der Waals surface area (Å²) in [6, 6.07) is 0. The lowest BCUT2D eigenvalue weighted by atomic mass is 10.7. The van der Waals surface area contributed by atoms with Crippen molar-refractivity contribution in [2.45, 2.75) is 6.92 Å². The Labute approximate surface area is 65.1 Å². The number of rotatable bonds is 0. The van der Waals surface area contributed by atoms with E-state index in [0.717, 1.165) is 0 Å². The highest BCUT2D eigenvalue weighted by molar-refractivity contribution is 5.72. The summed E-state index contributed by atoms with van der Waals surface area (Å²) in [5, 5.41) is 2.39. The van der Waals surface area contributed by atoms with Gasteiger partial charge < -0.3 is 10.2 Å². The quantitative estimate of drug-likeness (QED) is 0.510. The van der Waals surface area contributed by atoms with Crippen LogP contribution in [-0.4, -0.2) is 19.3 Å². The Bertz CT molecular complexity index is 153. The largest absolute Gasteiger partial charge is 0.387 e. The molecular formula is C6H11N3O2. The molecule has 0 fully saturated rings. The van der Waals surface area contributed by atoms with Crippen LogP contribution in [0.4, 0.5) is 0 Å². The average Bonchev–Trinajstić information content (AvgIpc) is 2.09. The van der Waals surface area contributed by atoms with Gasteiger partial charge in [0.15, 0.2) is 0 Å². The zero-order chi connectivity index (χ0) is 8.53. The van der Waals surface area contributed by atoms with Crippen LogP contribution in [0.2, 0.25) is 0 Å². The number of aliphatic imine (C=N–C) groups is 1. The van der Waals surface area contributed by atoms with Crippen LogP contribution in [0.1, 0.15) is 6.92 Å². The lowest BCUT2D eigenvalue weighted by molar-refractivity contribution is -0.118. The predicted octanol–water partition coefficient (Wildman–Crippen LogP) is -0.227. The number of amides is 1. The summed E-state index contributed by atoms with van der Waals surface area (Å²) in [4.78, 5) is 17.8. The third-order valence-electron chi connectivity index (χ3n) is 0.762. The van der Waals surface area contributed by atoms with Gasteiger partial charge >= 0.3 is 0 Å². The first-order chi connectivity index (χ1) is 5.27. The third kappa shape index (κ3) is 8.48. The summed E-state index contributed by atoms with van der Waals surface area (Å²) < 4.78 is 0. The lowest BCUT2D eigenvalue weighted by Crippen LogP contribution is -2.11. The van der Waals surface area contributed by atoms with E-state index < -0.39 is 0 Å². The maximum Gasteiger partial charge on any atom is 0.216 e. The van der Waals surface area contributed by atoms with Crippen LogP contribution in [0.15, 0.2) is 17.5 Å². The van der Waals surface area contributed by atoms with E-state index in [9.17, 15) is 4.79 Å². The first kappa shape index (κ1) is 9.48. The molecule has 1 amide bonds. The standard InChI is InChI=1S/C3H4N2O.C3H7NO/c1-2-6-5-3-4-1;1-3(5)4-2/h1-3H,(H,4,5);1-2H3,(H,4,5). The Hall–Kier alpha value is -1.52. The highest BCUT2D eigenvalue weighted by Gasteiger charge is 1.73. The van der Waals surface area contributed by atoms with E-state index in [-0.39, 0.29) is 5.91 Å². The molecule has 0 saturated heterocycles. The molecule has 62 valence electrons. The molecule has 1 rings (SSSR count). The number of hydrogen-bond acceptors (Lipinski definition) is 4. The summed E-state index contributed by atoms with van der Waals surface area (Å²) >= 11 is 0. The van der Waals surface area contributed by atoms with E-state index in [1.165, 1.54) is 19.5 Å². The van der Waals surface area contributed by atoms with Gasteiger partial charge in [0.1, 0.15) is 12.6 Å². The molecule has 5 heteroatoms. The van der Waals surface area contributed by atoms with Crippen molar-refractivity contribution in [1.82, 2.24) is 10.8 Å². The molecular weight excluding hydrogens is 146 g/mol. The zero-order valence-corrected chi connectivity index (χ0v) is 6.50. The molecule has 0 aliphatic carbocycles. The Kier molecular flexibility index (Phi) is 5.69. The van der Waals surface area contributed by atoms with Crippen molar-refractivity contribution in [3.8, 4) is 0 Å². The van der Waals surface area contributed by atoms with Crippen LogP contribution in [-0.2, 0) is 9.63 Å². The first-order valence-corrected chi connectivity index (χ1v) is 3.03. The Morgan fingerprint density at radius 3 is 2.45 bits per heavy atom. The summed E-state index contributed by atoms with van der Waals surface area (Å²) in [6.07, 6.45) is 4.47. The van der Waals surface area contributed by atoms with Crippen molar-refractivity contribution < 1.29 is 9.63 Å². The van der Waals surface area contributed by atoms with Crippen LogP contribution in [0, 0.1) is 0 Å². The monoisotopic (exact) mass is 157 g/mol. The number of nitrogens with one attached hydrogen (secondary N) is 2. The SMILES string of the molecule is C1=CONC=N1.CNC(C)=O. The second-order valence-corrected chi connectivity index (χ2v) is 1.61. The second-order valence-electron chi connectivity index (χ2n) is 1.61. The fraction of sp³-hybridized carbons (Fsp3) is 0.333. The summed E-state index contributed by atoms with van der Waals surface area (Å²) in [7, 11) is 1.60. The van der Waals surface area contributed by atoms with Gasteiger partial charge in [-0.15, -0.1) is 0 Å². The maximum atomic E-state index is 9.70. The summed E-state index contributed by atoms with van der Waals surface area (Å²) in [6.45, 7) is 1.47. The second kappa shape index (κ2) is 6.60. The van der Waals surface area contributed by atoms with E-state index >= 15 is 0 Å². The molecule has 0 radical (unpaired) electrons.